The van der Waals surface area contributed by atoms with Gasteiger partial charge in [0.25, 0.3) is 5.56 Å². The number of ether oxygens (including phenoxy) is 1. The number of aryl methyl sites for hydroxylation is 2. The number of amides is 2. The highest BCUT2D eigenvalue weighted by Gasteiger charge is 2.36. The minimum absolute atomic E-state index is 0.121. The molecule has 1 atom stereocenters. The summed E-state index contributed by atoms with van der Waals surface area (Å²) in [5, 5.41) is 2.79. The number of para-hydroxylation sites is 2. The van der Waals surface area contributed by atoms with Crippen LogP contribution in [-0.4, -0.2) is 30.5 Å². The van der Waals surface area contributed by atoms with E-state index in [9.17, 15) is 14.4 Å². The van der Waals surface area contributed by atoms with Gasteiger partial charge in [-0.25, -0.2) is 0 Å². The molecule has 1 unspecified atom stereocenters. The number of hydrogen-bond acceptors (Lipinski definition) is 4. The molecule has 2 heterocycles. The van der Waals surface area contributed by atoms with Crippen LogP contribution in [0.2, 0.25) is 0 Å². The predicted octanol–water partition coefficient (Wildman–Crippen LogP) is 1.67. The molecule has 27 heavy (non-hydrogen) atoms. The Balaban J connectivity index is 1.69. The fourth-order valence-electron chi connectivity index (χ4n) is 3.39. The Labute approximate surface area is 157 Å². The van der Waals surface area contributed by atoms with Crippen LogP contribution in [-0.2, 0) is 16.1 Å². The van der Waals surface area contributed by atoms with Crippen LogP contribution >= 0.6 is 0 Å². The lowest BCUT2D eigenvalue weighted by Crippen LogP contribution is -2.34. The van der Waals surface area contributed by atoms with Gasteiger partial charge >= 0.3 is 0 Å². The maximum absolute atomic E-state index is 12.6. The average Bonchev–Trinajstić information content (AvgIpc) is 3.02. The average molecular weight is 369 g/mol. The number of aromatic amines is 1. The molecule has 2 aromatic rings. The largest absolute Gasteiger partial charge is 0.495 e. The van der Waals surface area contributed by atoms with E-state index < -0.39 is 5.92 Å². The van der Waals surface area contributed by atoms with Gasteiger partial charge in [-0.1, -0.05) is 12.1 Å². The molecule has 3 rings (SSSR count). The SMILES string of the molecule is COc1ccccc1N1CC(C(=O)NCc2c(C)cc(C)[nH]c2=O)CC1=O. The molecule has 7 heteroatoms. The van der Waals surface area contributed by atoms with E-state index in [1.54, 1.807) is 24.1 Å². The number of nitrogens with zero attached hydrogens (tertiary/aromatic N) is 1. The number of hydrogen-bond donors (Lipinski definition) is 2. The fraction of sp³-hybridized carbons (Fsp3) is 0.350. The second-order valence-corrected chi connectivity index (χ2v) is 6.74. The molecule has 142 valence electrons. The summed E-state index contributed by atoms with van der Waals surface area (Å²) in [7, 11) is 1.55. The van der Waals surface area contributed by atoms with Gasteiger partial charge in [0.2, 0.25) is 11.8 Å². The van der Waals surface area contributed by atoms with Gasteiger partial charge in [0.05, 0.1) is 18.7 Å². The quantitative estimate of drug-likeness (QED) is 0.839. The second kappa shape index (κ2) is 7.65. The van der Waals surface area contributed by atoms with Crippen molar-refractivity contribution in [3.8, 4) is 5.75 Å². The third kappa shape index (κ3) is 3.86. The zero-order valence-corrected chi connectivity index (χ0v) is 15.7. The summed E-state index contributed by atoms with van der Waals surface area (Å²) < 4.78 is 5.31. The molecule has 0 radical (unpaired) electrons. The highest BCUT2D eigenvalue weighted by molar-refractivity contribution is 6.01. The Morgan fingerprint density at radius 1 is 1.30 bits per heavy atom. The second-order valence-electron chi connectivity index (χ2n) is 6.74. The molecule has 0 spiro atoms. The first kappa shape index (κ1) is 18.7. The van der Waals surface area contributed by atoms with Crippen molar-refractivity contribution in [1.29, 1.82) is 0 Å². The van der Waals surface area contributed by atoms with E-state index in [4.69, 9.17) is 4.74 Å². The van der Waals surface area contributed by atoms with E-state index >= 15 is 0 Å². The minimum atomic E-state index is -0.466. The van der Waals surface area contributed by atoms with Gasteiger partial charge in [-0.2, -0.15) is 0 Å². The van der Waals surface area contributed by atoms with Crippen LogP contribution in [0.25, 0.3) is 0 Å². The van der Waals surface area contributed by atoms with Crippen molar-refractivity contribution in [2.45, 2.75) is 26.8 Å². The Hall–Kier alpha value is -3.09. The number of pyridine rings is 1. The Bertz CT molecular complexity index is 935. The first-order chi connectivity index (χ1) is 12.9. The van der Waals surface area contributed by atoms with Crippen molar-refractivity contribution >= 4 is 17.5 Å². The molecule has 1 aliphatic heterocycles. The van der Waals surface area contributed by atoms with E-state index in [0.717, 1.165) is 11.3 Å². The normalized spacial score (nSPS) is 16.5. The van der Waals surface area contributed by atoms with Crippen LogP contribution in [0.5, 0.6) is 5.75 Å². The van der Waals surface area contributed by atoms with Crippen LogP contribution < -0.4 is 20.5 Å². The lowest BCUT2D eigenvalue weighted by molar-refractivity contribution is -0.126. The van der Waals surface area contributed by atoms with Crippen LogP contribution in [0.4, 0.5) is 5.69 Å². The highest BCUT2D eigenvalue weighted by atomic mass is 16.5. The topological polar surface area (TPSA) is 91.5 Å². The first-order valence-corrected chi connectivity index (χ1v) is 8.81. The molecule has 1 aliphatic rings. The molecule has 0 aliphatic carbocycles. The maximum Gasteiger partial charge on any atom is 0.253 e. The van der Waals surface area contributed by atoms with E-state index in [-0.39, 0.29) is 36.9 Å². The lowest BCUT2D eigenvalue weighted by Gasteiger charge is -2.19. The summed E-state index contributed by atoms with van der Waals surface area (Å²) in [4.78, 5) is 41.4. The van der Waals surface area contributed by atoms with Crippen molar-refractivity contribution in [3.63, 3.8) is 0 Å². The number of benzene rings is 1. The molecule has 7 nitrogen and oxygen atoms in total. The summed E-state index contributed by atoms with van der Waals surface area (Å²) in [5.74, 6) is -0.231. The monoisotopic (exact) mass is 369 g/mol. The third-order valence-electron chi connectivity index (χ3n) is 4.80. The zero-order chi connectivity index (χ0) is 19.6. The fourth-order valence-corrected chi connectivity index (χ4v) is 3.39. The van der Waals surface area contributed by atoms with Crippen molar-refractivity contribution in [2.75, 3.05) is 18.6 Å². The smallest absolute Gasteiger partial charge is 0.253 e. The van der Waals surface area contributed by atoms with Crippen LogP contribution in [0.1, 0.15) is 23.2 Å². The molecule has 2 N–H and O–H groups in total. The number of carbonyl (C=O) groups is 2. The van der Waals surface area contributed by atoms with Crippen LogP contribution in [0, 0.1) is 19.8 Å². The van der Waals surface area contributed by atoms with Crippen LogP contribution in [0.3, 0.4) is 0 Å². The van der Waals surface area contributed by atoms with Crippen molar-refractivity contribution in [3.05, 3.63) is 57.5 Å². The Morgan fingerprint density at radius 3 is 2.74 bits per heavy atom. The highest BCUT2D eigenvalue weighted by Crippen LogP contribution is 2.32. The van der Waals surface area contributed by atoms with Gasteiger partial charge in [0.1, 0.15) is 5.75 Å². The maximum atomic E-state index is 12.6. The summed E-state index contributed by atoms with van der Waals surface area (Å²) in [5.41, 5.74) is 2.59. The van der Waals surface area contributed by atoms with Gasteiger partial charge in [-0.3, -0.25) is 14.4 Å². The predicted molar refractivity (Wildman–Crippen MR) is 102 cm³/mol. The molecular formula is C20H23N3O4. The lowest BCUT2D eigenvalue weighted by atomic mass is 10.1. The van der Waals surface area contributed by atoms with E-state index in [1.165, 1.54) is 0 Å². The van der Waals surface area contributed by atoms with Gasteiger partial charge < -0.3 is 19.9 Å². The summed E-state index contributed by atoms with van der Waals surface area (Å²) in [6.07, 6.45) is 0.132. The molecule has 1 fully saturated rings. The first-order valence-electron chi connectivity index (χ1n) is 8.81. The van der Waals surface area contributed by atoms with Crippen LogP contribution in [0.15, 0.2) is 35.1 Å². The molecule has 1 aromatic carbocycles. The summed E-state index contributed by atoms with van der Waals surface area (Å²) in [6, 6.07) is 9.10. The van der Waals surface area contributed by atoms with Crippen molar-refractivity contribution in [1.82, 2.24) is 10.3 Å². The molecular weight excluding hydrogens is 346 g/mol. The van der Waals surface area contributed by atoms with E-state index in [2.05, 4.69) is 10.3 Å². The third-order valence-corrected chi connectivity index (χ3v) is 4.80. The number of carbonyl (C=O) groups excluding carboxylic acids is 2. The zero-order valence-electron chi connectivity index (χ0n) is 15.7. The number of aromatic nitrogens is 1. The van der Waals surface area contributed by atoms with Gasteiger partial charge in [-0.15, -0.1) is 0 Å². The van der Waals surface area contributed by atoms with Gasteiger partial charge in [-0.05, 0) is 37.6 Å². The number of rotatable bonds is 5. The number of anilines is 1. The van der Waals surface area contributed by atoms with Gasteiger partial charge in [0.15, 0.2) is 0 Å². The Kier molecular flexibility index (Phi) is 5.30. The molecule has 0 saturated carbocycles. The summed E-state index contributed by atoms with van der Waals surface area (Å²) >= 11 is 0. The summed E-state index contributed by atoms with van der Waals surface area (Å²) in [6.45, 7) is 4.08. The molecule has 1 aromatic heterocycles. The van der Waals surface area contributed by atoms with E-state index in [0.29, 0.717) is 17.0 Å². The minimum Gasteiger partial charge on any atom is -0.495 e. The number of nitrogens with one attached hydrogen (secondary N) is 2. The van der Waals surface area contributed by atoms with Crippen molar-refractivity contribution < 1.29 is 14.3 Å². The number of methoxy groups -OCH3 is 1. The number of H-pyrrole nitrogens is 1. The van der Waals surface area contributed by atoms with Crippen molar-refractivity contribution in [2.24, 2.45) is 5.92 Å². The van der Waals surface area contributed by atoms with Gasteiger partial charge in [0, 0.05) is 30.8 Å². The van der Waals surface area contributed by atoms with E-state index in [1.807, 2.05) is 32.0 Å². The molecule has 1 saturated heterocycles. The molecule has 0 bridgehead atoms. The Morgan fingerprint density at radius 2 is 2.04 bits per heavy atom. The standard InChI is InChI=1S/C20H23N3O4/c1-12-8-13(2)22-20(26)15(12)10-21-19(25)14-9-18(24)23(11-14)16-6-4-5-7-17(16)27-3/h4-8,14H,9-11H2,1-3H3,(H,21,25)(H,22,26). The molecule has 2 amide bonds.